The Labute approximate surface area is 102 Å². The predicted octanol–water partition coefficient (Wildman–Crippen LogP) is 2.19. The third-order valence-corrected chi connectivity index (χ3v) is 2.66. The molecule has 1 aromatic carbocycles. The maximum absolute atomic E-state index is 11.3. The Kier molecular flexibility index (Phi) is 5.43. The highest BCUT2D eigenvalue weighted by Crippen LogP contribution is 2.22. The summed E-state index contributed by atoms with van der Waals surface area (Å²) in [5, 5.41) is 9.02. The van der Waals surface area contributed by atoms with E-state index < -0.39 is 0 Å². The van der Waals surface area contributed by atoms with E-state index in [-0.39, 0.29) is 19.0 Å². The standard InChI is InChI=1S/C14H18O3/c1-3-11(8-9-15)13-7-5-4-6-12(13)10-14(16)17-2/h3-7,15H,8-10H2,1-2H3/b11-3+. The highest BCUT2D eigenvalue weighted by Gasteiger charge is 2.10. The van der Waals surface area contributed by atoms with Crippen molar-refractivity contribution in [2.75, 3.05) is 13.7 Å². The van der Waals surface area contributed by atoms with Crippen molar-refractivity contribution in [1.29, 1.82) is 0 Å². The summed E-state index contributed by atoms with van der Waals surface area (Å²) < 4.78 is 4.67. The number of aliphatic hydroxyl groups is 1. The average Bonchev–Trinajstić information content (AvgIpc) is 2.36. The first-order chi connectivity index (χ1) is 8.22. The molecule has 0 bridgehead atoms. The first-order valence-electron chi connectivity index (χ1n) is 5.64. The second-order valence-corrected chi connectivity index (χ2v) is 3.70. The van der Waals surface area contributed by atoms with Crippen LogP contribution in [0.5, 0.6) is 0 Å². The lowest BCUT2D eigenvalue weighted by atomic mass is 9.95. The fourth-order valence-electron chi connectivity index (χ4n) is 1.77. The van der Waals surface area contributed by atoms with Gasteiger partial charge in [-0.3, -0.25) is 4.79 Å². The van der Waals surface area contributed by atoms with Crippen molar-refractivity contribution in [3.8, 4) is 0 Å². The summed E-state index contributed by atoms with van der Waals surface area (Å²) in [5.41, 5.74) is 2.99. The summed E-state index contributed by atoms with van der Waals surface area (Å²) in [6.07, 6.45) is 2.82. The van der Waals surface area contributed by atoms with Gasteiger partial charge in [-0.1, -0.05) is 30.3 Å². The van der Waals surface area contributed by atoms with E-state index in [0.29, 0.717) is 6.42 Å². The van der Waals surface area contributed by atoms with Gasteiger partial charge >= 0.3 is 5.97 Å². The number of carbonyl (C=O) groups excluding carboxylic acids is 1. The van der Waals surface area contributed by atoms with Gasteiger partial charge in [-0.25, -0.2) is 0 Å². The molecule has 0 saturated heterocycles. The Morgan fingerprint density at radius 3 is 2.71 bits per heavy atom. The van der Waals surface area contributed by atoms with Crippen LogP contribution in [0.15, 0.2) is 30.3 Å². The highest BCUT2D eigenvalue weighted by atomic mass is 16.5. The topological polar surface area (TPSA) is 46.5 Å². The molecule has 92 valence electrons. The Hall–Kier alpha value is -1.61. The number of rotatable bonds is 5. The van der Waals surface area contributed by atoms with Gasteiger partial charge in [0.1, 0.15) is 0 Å². The van der Waals surface area contributed by atoms with Gasteiger partial charge < -0.3 is 9.84 Å². The quantitative estimate of drug-likeness (QED) is 0.794. The maximum atomic E-state index is 11.3. The van der Waals surface area contributed by atoms with Gasteiger partial charge in [-0.2, -0.15) is 0 Å². The zero-order chi connectivity index (χ0) is 12.7. The molecular formula is C14H18O3. The van der Waals surface area contributed by atoms with E-state index in [1.807, 2.05) is 37.3 Å². The second kappa shape index (κ2) is 6.86. The molecule has 0 spiro atoms. The average molecular weight is 234 g/mol. The van der Waals surface area contributed by atoms with Gasteiger partial charge in [0, 0.05) is 6.61 Å². The van der Waals surface area contributed by atoms with Crippen LogP contribution in [-0.4, -0.2) is 24.8 Å². The third kappa shape index (κ3) is 3.71. The number of aliphatic hydroxyl groups excluding tert-OH is 1. The van der Waals surface area contributed by atoms with Gasteiger partial charge in [0.05, 0.1) is 13.5 Å². The summed E-state index contributed by atoms with van der Waals surface area (Å²) in [5.74, 6) is -0.253. The molecule has 0 aliphatic carbocycles. The molecule has 0 unspecified atom stereocenters. The van der Waals surface area contributed by atoms with Gasteiger partial charge in [-0.05, 0) is 30.0 Å². The molecule has 3 heteroatoms. The van der Waals surface area contributed by atoms with Crippen molar-refractivity contribution in [2.45, 2.75) is 19.8 Å². The molecule has 0 saturated carbocycles. The van der Waals surface area contributed by atoms with E-state index in [4.69, 9.17) is 5.11 Å². The predicted molar refractivity (Wildman–Crippen MR) is 67.5 cm³/mol. The molecule has 1 aromatic rings. The van der Waals surface area contributed by atoms with Crippen molar-refractivity contribution in [2.24, 2.45) is 0 Å². The Balaban J connectivity index is 3.02. The minimum Gasteiger partial charge on any atom is -0.469 e. The fraction of sp³-hybridized carbons (Fsp3) is 0.357. The van der Waals surface area contributed by atoms with E-state index in [2.05, 4.69) is 4.74 Å². The Morgan fingerprint density at radius 1 is 1.41 bits per heavy atom. The van der Waals surface area contributed by atoms with Crippen molar-refractivity contribution < 1.29 is 14.6 Å². The van der Waals surface area contributed by atoms with Crippen molar-refractivity contribution in [3.63, 3.8) is 0 Å². The number of esters is 1. The molecule has 1 rings (SSSR count). The van der Waals surface area contributed by atoms with Crippen LogP contribution in [0.4, 0.5) is 0 Å². The van der Waals surface area contributed by atoms with Crippen LogP contribution in [0.1, 0.15) is 24.5 Å². The zero-order valence-corrected chi connectivity index (χ0v) is 10.3. The number of carbonyl (C=O) groups is 1. The summed E-state index contributed by atoms with van der Waals surface area (Å²) in [7, 11) is 1.38. The molecule has 17 heavy (non-hydrogen) atoms. The molecule has 1 N–H and O–H groups in total. The van der Waals surface area contributed by atoms with E-state index in [1.165, 1.54) is 7.11 Å². The van der Waals surface area contributed by atoms with Crippen LogP contribution in [0.2, 0.25) is 0 Å². The molecular weight excluding hydrogens is 216 g/mol. The fourth-order valence-corrected chi connectivity index (χ4v) is 1.77. The minimum absolute atomic E-state index is 0.103. The second-order valence-electron chi connectivity index (χ2n) is 3.70. The lowest BCUT2D eigenvalue weighted by Gasteiger charge is -2.11. The Bertz CT molecular complexity index is 408. The largest absolute Gasteiger partial charge is 0.469 e. The summed E-state index contributed by atoms with van der Waals surface area (Å²) in [6, 6.07) is 7.70. The SMILES string of the molecule is C/C=C(\CCO)c1ccccc1CC(=O)OC. The number of methoxy groups -OCH3 is 1. The molecule has 0 radical (unpaired) electrons. The molecule has 0 aliphatic heterocycles. The molecule has 0 fully saturated rings. The smallest absolute Gasteiger partial charge is 0.309 e. The highest BCUT2D eigenvalue weighted by molar-refractivity contribution is 5.77. The van der Waals surface area contributed by atoms with Gasteiger partial charge in [-0.15, -0.1) is 0 Å². The van der Waals surface area contributed by atoms with E-state index >= 15 is 0 Å². The molecule has 0 atom stereocenters. The van der Waals surface area contributed by atoms with Gasteiger partial charge in [0.15, 0.2) is 0 Å². The lowest BCUT2D eigenvalue weighted by molar-refractivity contribution is -0.139. The van der Waals surface area contributed by atoms with Gasteiger partial charge in [0.25, 0.3) is 0 Å². The van der Waals surface area contributed by atoms with Crippen LogP contribution in [0.3, 0.4) is 0 Å². The van der Waals surface area contributed by atoms with Crippen LogP contribution in [0.25, 0.3) is 5.57 Å². The van der Waals surface area contributed by atoms with Crippen molar-refractivity contribution >= 4 is 11.5 Å². The molecule has 0 heterocycles. The molecule has 0 aliphatic rings. The number of hydrogen-bond donors (Lipinski definition) is 1. The molecule has 3 nitrogen and oxygen atoms in total. The first kappa shape index (κ1) is 13.5. The minimum atomic E-state index is -0.253. The van der Waals surface area contributed by atoms with E-state index in [1.54, 1.807) is 0 Å². The first-order valence-corrected chi connectivity index (χ1v) is 5.64. The number of benzene rings is 1. The monoisotopic (exact) mass is 234 g/mol. The van der Waals surface area contributed by atoms with Gasteiger partial charge in [0.2, 0.25) is 0 Å². The van der Waals surface area contributed by atoms with Crippen molar-refractivity contribution in [1.82, 2.24) is 0 Å². The maximum Gasteiger partial charge on any atom is 0.309 e. The number of ether oxygens (including phenoxy) is 1. The Morgan fingerprint density at radius 2 is 2.12 bits per heavy atom. The molecule has 0 amide bonds. The van der Waals surface area contributed by atoms with Crippen molar-refractivity contribution in [3.05, 3.63) is 41.5 Å². The normalized spacial score (nSPS) is 11.4. The molecule has 0 aromatic heterocycles. The van der Waals surface area contributed by atoms with Crippen LogP contribution >= 0.6 is 0 Å². The number of hydrogen-bond acceptors (Lipinski definition) is 3. The zero-order valence-electron chi connectivity index (χ0n) is 10.3. The summed E-state index contributed by atoms with van der Waals surface area (Å²) in [6.45, 7) is 2.03. The van der Waals surface area contributed by atoms with E-state index in [0.717, 1.165) is 16.7 Å². The van der Waals surface area contributed by atoms with Crippen LogP contribution in [-0.2, 0) is 16.0 Å². The lowest BCUT2D eigenvalue weighted by Crippen LogP contribution is -2.07. The van der Waals surface area contributed by atoms with Crippen LogP contribution < -0.4 is 0 Å². The summed E-state index contributed by atoms with van der Waals surface area (Å²) in [4.78, 5) is 11.3. The summed E-state index contributed by atoms with van der Waals surface area (Å²) >= 11 is 0. The third-order valence-electron chi connectivity index (χ3n) is 2.66. The van der Waals surface area contributed by atoms with Crippen LogP contribution in [0, 0.1) is 0 Å². The van der Waals surface area contributed by atoms with E-state index in [9.17, 15) is 4.79 Å². The number of allylic oxidation sites excluding steroid dienone is 1.